The van der Waals surface area contributed by atoms with E-state index in [9.17, 15) is 9.59 Å². The molecule has 1 heterocycles. The van der Waals surface area contributed by atoms with Gasteiger partial charge in [-0.3, -0.25) is 9.78 Å². The minimum absolute atomic E-state index is 0.388. The summed E-state index contributed by atoms with van der Waals surface area (Å²) in [6.45, 7) is 0. The van der Waals surface area contributed by atoms with E-state index < -0.39 is 5.69 Å². The number of aromatic amines is 2. The number of nitrogens with one attached hydrogen (secondary N) is 2. The molecule has 0 radical (unpaired) electrons. The van der Waals surface area contributed by atoms with Crippen molar-refractivity contribution in [1.82, 2.24) is 9.97 Å². The number of aromatic nitrogens is 2. The number of hydrogen-bond donors (Lipinski definition) is 2. The van der Waals surface area contributed by atoms with Gasteiger partial charge in [0, 0.05) is 27.4 Å². The van der Waals surface area contributed by atoms with Crippen LogP contribution in [-0.4, -0.2) is 9.97 Å². The number of halogens is 1. The molecule has 2 rings (SSSR count). The first-order valence-corrected chi connectivity index (χ1v) is 6.21. The number of H-pyrrole nitrogens is 2. The lowest BCUT2D eigenvalue weighted by molar-refractivity contribution is 0.986. The van der Waals surface area contributed by atoms with Crippen molar-refractivity contribution in [3.8, 4) is 0 Å². The van der Waals surface area contributed by atoms with Crippen molar-refractivity contribution >= 4 is 23.4 Å². The molecule has 0 fully saturated rings. The molecule has 4 nitrogen and oxygen atoms in total. The average molecular weight is 269 g/mol. The van der Waals surface area contributed by atoms with Crippen molar-refractivity contribution in [2.45, 2.75) is 10.6 Å². The van der Waals surface area contributed by atoms with Crippen LogP contribution < -0.4 is 11.2 Å². The molecular weight excluding hydrogens is 260 g/mol. The lowest BCUT2D eigenvalue weighted by atomic mass is 10.4. The van der Waals surface area contributed by atoms with E-state index in [1.54, 1.807) is 12.1 Å². The molecule has 17 heavy (non-hydrogen) atoms. The Morgan fingerprint density at radius 3 is 2.47 bits per heavy atom. The molecule has 0 unspecified atom stereocenters. The van der Waals surface area contributed by atoms with E-state index in [4.69, 9.17) is 11.6 Å². The van der Waals surface area contributed by atoms with Gasteiger partial charge >= 0.3 is 5.69 Å². The average Bonchev–Trinajstić information content (AvgIpc) is 2.27. The third-order valence-electron chi connectivity index (χ3n) is 2.02. The van der Waals surface area contributed by atoms with Gasteiger partial charge in [0.15, 0.2) is 0 Å². The van der Waals surface area contributed by atoms with Crippen LogP contribution >= 0.6 is 23.4 Å². The van der Waals surface area contributed by atoms with Crippen LogP contribution in [0.25, 0.3) is 0 Å². The van der Waals surface area contributed by atoms with Crippen molar-refractivity contribution in [2.75, 3.05) is 0 Å². The molecule has 1 aromatic carbocycles. The van der Waals surface area contributed by atoms with Crippen LogP contribution in [0, 0.1) is 0 Å². The summed E-state index contributed by atoms with van der Waals surface area (Å²) in [6, 6.07) is 8.75. The number of rotatable bonds is 3. The molecule has 0 bridgehead atoms. The lowest BCUT2D eigenvalue weighted by Gasteiger charge is -2.01. The van der Waals surface area contributed by atoms with Gasteiger partial charge in [0.25, 0.3) is 5.56 Å². The molecular formula is C11H9ClN2O2S. The maximum atomic E-state index is 11.1. The topological polar surface area (TPSA) is 65.7 Å². The summed E-state index contributed by atoms with van der Waals surface area (Å²) in [4.78, 5) is 27.8. The normalized spacial score (nSPS) is 10.4. The van der Waals surface area contributed by atoms with Gasteiger partial charge in [0.1, 0.15) is 0 Å². The highest BCUT2D eigenvalue weighted by atomic mass is 35.5. The number of benzene rings is 1. The Morgan fingerprint density at radius 1 is 1.12 bits per heavy atom. The highest BCUT2D eigenvalue weighted by molar-refractivity contribution is 7.98. The van der Waals surface area contributed by atoms with Crippen molar-refractivity contribution in [3.05, 3.63) is 61.9 Å². The van der Waals surface area contributed by atoms with E-state index in [1.165, 1.54) is 17.8 Å². The van der Waals surface area contributed by atoms with E-state index in [1.807, 2.05) is 12.1 Å². The number of hydrogen-bond acceptors (Lipinski definition) is 3. The molecule has 0 saturated heterocycles. The first-order chi connectivity index (χ1) is 8.13. The summed E-state index contributed by atoms with van der Waals surface area (Å²) >= 11 is 7.29. The Labute approximate surface area is 106 Å². The van der Waals surface area contributed by atoms with Gasteiger partial charge in [-0.05, 0) is 24.3 Å². The van der Waals surface area contributed by atoms with Gasteiger partial charge in [-0.2, -0.15) is 0 Å². The Kier molecular flexibility index (Phi) is 3.71. The van der Waals surface area contributed by atoms with Crippen molar-refractivity contribution in [1.29, 1.82) is 0 Å². The van der Waals surface area contributed by atoms with Gasteiger partial charge in [0.2, 0.25) is 0 Å². The molecule has 2 aromatic rings. The van der Waals surface area contributed by atoms with Crippen LogP contribution in [0.1, 0.15) is 5.69 Å². The van der Waals surface area contributed by atoms with Crippen molar-refractivity contribution in [3.63, 3.8) is 0 Å². The molecule has 0 amide bonds. The fourth-order valence-corrected chi connectivity index (χ4v) is 2.22. The van der Waals surface area contributed by atoms with Crippen LogP contribution in [0.15, 0.2) is 44.8 Å². The predicted molar refractivity (Wildman–Crippen MR) is 68.7 cm³/mol. The van der Waals surface area contributed by atoms with Gasteiger partial charge in [-0.25, -0.2) is 4.79 Å². The first kappa shape index (κ1) is 12.0. The minimum atomic E-state index is -0.482. The molecule has 0 atom stereocenters. The van der Waals surface area contributed by atoms with E-state index in [0.717, 1.165) is 4.90 Å². The van der Waals surface area contributed by atoms with Gasteiger partial charge < -0.3 is 4.98 Å². The summed E-state index contributed by atoms with van der Waals surface area (Å²) in [6.07, 6.45) is 0. The van der Waals surface area contributed by atoms with E-state index in [-0.39, 0.29) is 5.56 Å². The summed E-state index contributed by atoms with van der Waals surface area (Å²) in [5.41, 5.74) is -0.275. The van der Waals surface area contributed by atoms with E-state index >= 15 is 0 Å². The second-order valence-electron chi connectivity index (χ2n) is 3.36. The molecule has 6 heteroatoms. The summed E-state index contributed by atoms with van der Waals surface area (Å²) in [5.74, 6) is 0.529. The maximum Gasteiger partial charge on any atom is 0.325 e. The lowest BCUT2D eigenvalue weighted by Crippen LogP contribution is -2.22. The monoisotopic (exact) mass is 268 g/mol. The van der Waals surface area contributed by atoms with Crippen molar-refractivity contribution in [2.24, 2.45) is 0 Å². The van der Waals surface area contributed by atoms with Crippen LogP contribution in [0.3, 0.4) is 0 Å². The zero-order chi connectivity index (χ0) is 12.3. The molecule has 2 N–H and O–H groups in total. The fourth-order valence-electron chi connectivity index (χ4n) is 1.29. The summed E-state index contributed by atoms with van der Waals surface area (Å²) in [5, 5.41) is 0.680. The van der Waals surface area contributed by atoms with Crippen LogP contribution in [-0.2, 0) is 5.75 Å². The van der Waals surface area contributed by atoms with Crippen LogP contribution in [0.2, 0.25) is 5.02 Å². The zero-order valence-electron chi connectivity index (χ0n) is 8.70. The smallest absolute Gasteiger partial charge is 0.310 e. The maximum absolute atomic E-state index is 11.1. The molecule has 88 valence electrons. The van der Waals surface area contributed by atoms with Gasteiger partial charge in [-0.1, -0.05) is 11.6 Å². The number of thioether (sulfide) groups is 1. The van der Waals surface area contributed by atoms with Gasteiger partial charge in [0.05, 0.1) is 0 Å². The first-order valence-electron chi connectivity index (χ1n) is 4.84. The minimum Gasteiger partial charge on any atom is -0.310 e. The summed E-state index contributed by atoms with van der Waals surface area (Å²) < 4.78 is 0. The Hall–Kier alpha value is -1.46. The fraction of sp³-hybridized carbons (Fsp3) is 0.0909. The SMILES string of the molecule is O=c1cc(CSc2ccc(Cl)cc2)[nH]c(=O)[nH]1. The third kappa shape index (κ3) is 3.51. The predicted octanol–water partition coefficient (Wildman–Crippen LogP) is 2.01. The Balaban J connectivity index is 2.09. The highest BCUT2D eigenvalue weighted by Crippen LogP contribution is 2.22. The molecule has 0 aliphatic heterocycles. The molecule has 0 saturated carbocycles. The Bertz CT molecular complexity index is 590. The largest absolute Gasteiger partial charge is 0.325 e. The molecule has 0 aliphatic rings. The van der Waals surface area contributed by atoms with Crippen molar-refractivity contribution < 1.29 is 0 Å². The molecule has 0 spiro atoms. The molecule has 0 aliphatic carbocycles. The zero-order valence-corrected chi connectivity index (χ0v) is 10.3. The van der Waals surface area contributed by atoms with Crippen LogP contribution in [0.4, 0.5) is 0 Å². The van der Waals surface area contributed by atoms with Crippen LogP contribution in [0.5, 0.6) is 0 Å². The standard InChI is InChI=1S/C11H9ClN2O2S/c12-7-1-3-9(4-2-7)17-6-8-5-10(15)14-11(16)13-8/h1-5H,6H2,(H2,13,14,15,16). The molecule has 1 aromatic heterocycles. The Morgan fingerprint density at radius 2 is 1.82 bits per heavy atom. The van der Waals surface area contributed by atoms with Gasteiger partial charge in [-0.15, -0.1) is 11.8 Å². The second kappa shape index (κ2) is 5.25. The highest BCUT2D eigenvalue weighted by Gasteiger charge is 1.99. The quantitative estimate of drug-likeness (QED) is 0.837. The van der Waals surface area contributed by atoms with E-state index in [0.29, 0.717) is 16.5 Å². The second-order valence-corrected chi connectivity index (χ2v) is 4.84. The van der Waals surface area contributed by atoms with E-state index in [2.05, 4.69) is 9.97 Å². The summed E-state index contributed by atoms with van der Waals surface area (Å²) in [7, 11) is 0. The third-order valence-corrected chi connectivity index (χ3v) is 3.34.